The van der Waals surface area contributed by atoms with Gasteiger partial charge in [0.1, 0.15) is 0 Å². The minimum absolute atomic E-state index is 0.804. The van der Waals surface area contributed by atoms with E-state index >= 15 is 0 Å². The van der Waals surface area contributed by atoms with E-state index in [0.717, 1.165) is 12.0 Å². The van der Waals surface area contributed by atoms with E-state index in [2.05, 4.69) is 19.3 Å². The third-order valence-electron chi connectivity index (χ3n) is 2.48. The first-order valence-electron chi connectivity index (χ1n) is 4.02. The monoisotopic (exact) mass is 127 g/mol. The summed E-state index contributed by atoms with van der Waals surface area (Å²) >= 11 is 0. The van der Waals surface area contributed by atoms with Crippen LogP contribution in [0.5, 0.6) is 0 Å². The van der Waals surface area contributed by atoms with Crippen molar-refractivity contribution < 1.29 is 0 Å². The van der Waals surface area contributed by atoms with Crippen molar-refractivity contribution >= 4 is 0 Å². The van der Waals surface area contributed by atoms with Gasteiger partial charge in [0.25, 0.3) is 0 Å². The van der Waals surface area contributed by atoms with Crippen LogP contribution in [0, 0.1) is 5.92 Å². The summed E-state index contributed by atoms with van der Waals surface area (Å²) in [5.41, 5.74) is 0. The van der Waals surface area contributed by atoms with Gasteiger partial charge in [0.05, 0.1) is 0 Å². The molecule has 1 heteroatoms. The van der Waals surface area contributed by atoms with E-state index in [4.69, 9.17) is 0 Å². The fourth-order valence-electron chi connectivity index (χ4n) is 1.75. The van der Waals surface area contributed by atoms with Gasteiger partial charge in [-0.15, -0.1) is 0 Å². The van der Waals surface area contributed by atoms with Gasteiger partial charge >= 0.3 is 0 Å². The van der Waals surface area contributed by atoms with Gasteiger partial charge in [-0.25, -0.2) is 0 Å². The molecule has 0 aromatic carbocycles. The summed E-state index contributed by atoms with van der Waals surface area (Å²) in [6.45, 7) is 2.35. The van der Waals surface area contributed by atoms with Crippen LogP contribution in [0.4, 0.5) is 0 Å². The highest BCUT2D eigenvalue weighted by Gasteiger charge is 2.18. The molecule has 1 nitrogen and oxygen atoms in total. The van der Waals surface area contributed by atoms with Crippen molar-refractivity contribution in [3.63, 3.8) is 0 Å². The number of nitrogens with one attached hydrogen (secondary N) is 1. The highest BCUT2D eigenvalue weighted by atomic mass is 14.9. The molecule has 1 rings (SSSR count). The molecular weight excluding hydrogens is 110 g/mol. The summed E-state index contributed by atoms with van der Waals surface area (Å²) in [5, 5.41) is 3.35. The number of hydrogen-bond donors (Lipinski definition) is 1. The van der Waals surface area contributed by atoms with Gasteiger partial charge < -0.3 is 5.32 Å². The van der Waals surface area contributed by atoms with E-state index in [1.165, 1.54) is 25.7 Å². The molecule has 1 N–H and O–H groups in total. The molecule has 0 amide bonds. The fourth-order valence-corrected chi connectivity index (χ4v) is 1.75. The van der Waals surface area contributed by atoms with Crippen LogP contribution < -0.4 is 5.32 Å². The van der Waals surface area contributed by atoms with Crippen LogP contribution in [-0.4, -0.2) is 13.1 Å². The van der Waals surface area contributed by atoms with E-state index in [1.807, 2.05) is 0 Å². The maximum atomic E-state index is 3.35. The van der Waals surface area contributed by atoms with Crippen molar-refractivity contribution in [2.75, 3.05) is 7.05 Å². The molecule has 9 heavy (non-hydrogen) atoms. The normalized spacial score (nSPS) is 36.7. The van der Waals surface area contributed by atoms with Crippen LogP contribution in [-0.2, 0) is 0 Å². The molecule has 1 saturated carbocycles. The van der Waals surface area contributed by atoms with Crippen LogP contribution >= 0.6 is 0 Å². The molecule has 1 aliphatic carbocycles. The Bertz CT molecular complexity index is 80.6. The van der Waals surface area contributed by atoms with E-state index < -0.39 is 0 Å². The zero-order valence-corrected chi connectivity index (χ0v) is 6.48. The highest BCUT2D eigenvalue weighted by molar-refractivity contribution is 4.75. The molecule has 0 aliphatic heterocycles. The molecule has 2 unspecified atom stereocenters. The van der Waals surface area contributed by atoms with E-state index in [1.54, 1.807) is 0 Å². The Hall–Kier alpha value is -0.0400. The Kier molecular flexibility index (Phi) is 2.52. The van der Waals surface area contributed by atoms with E-state index in [0.29, 0.717) is 0 Å². The minimum Gasteiger partial charge on any atom is -0.317 e. The van der Waals surface area contributed by atoms with Gasteiger partial charge in [-0.05, 0) is 25.8 Å². The maximum absolute atomic E-state index is 3.35. The summed E-state index contributed by atoms with van der Waals surface area (Å²) < 4.78 is 0. The second-order valence-electron chi connectivity index (χ2n) is 3.16. The quantitative estimate of drug-likeness (QED) is 0.566. The number of rotatable bonds is 1. The molecule has 0 spiro atoms. The smallest absolute Gasteiger partial charge is 0.00896 e. The lowest BCUT2D eigenvalue weighted by Crippen LogP contribution is -2.34. The van der Waals surface area contributed by atoms with Crippen LogP contribution in [0.25, 0.3) is 0 Å². The van der Waals surface area contributed by atoms with Gasteiger partial charge in [-0.3, -0.25) is 0 Å². The van der Waals surface area contributed by atoms with Crippen LogP contribution in [0.3, 0.4) is 0 Å². The molecule has 0 bridgehead atoms. The van der Waals surface area contributed by atoms with Crippen molar-refractivity contribution in [1.29, 1.82) is 0 Å². The van der Waals surface area contributed by atoms with Crippen molar-refractivity contribution in [1.82, 2.24) is 5.32 Å². The van der Waals surface area contributed by atoms with E-state index in [9.17, 15) is 0 Å². The second kappa shape index (κ2) is 3.21. The third kappa shape index (κ3) is 1.68. The summed E-state index contributed by atoms with van der Waals surface area (Å²) in [6.07, 6.45) is 5.68. The lowest BCUT2D eigenvalue weighted by molar-refractivity contribution is 0.294. The molecule has 1 aliphatic rings. The Labute approximate surface area is 57.8 Å². The van der Waals surface area contributed by atoms with Crippen molar-refractivity contribution in [3.8, 4) is 0 Å². The van der Waals surface area contributed by atoms with Crippen LogP contribution in [0.1, 0.15) is 32.6 Å². The van der Waals surface area contributed by atoms with E-state index in [-0.39, 0.29) is 0 Å². The molecule has 0 radical (unpaired) electrons. The second-order valence-corrected chi connectivity index (χ2v) is 3.16. The standard InChI is InChI=1S/C8H17N/c1-7-5-3-4-6-8(7)9-2/h7-9H,3-6H2,1-2H3. The average molecular weight is 127 g/mol. The van der Waals surface area contributed by atoms with Gasteiger partial charge in [-0.1, -0.05) is 19.8 Å². The predicted molar refractivity (Wildman–Crippen MR) is 40.5 cm³/mol. The zero-order valence-electron chi connectivity index (χ0n) is 6.48. The molecule has 0 aromatic heterocycles. The Morgan fingerprint density at radius 3 is 2.33 bits per heavy atom. The van der Waals surface area contributed by atoms with Gasteiger partial charge in [0, 0.05) is 6.04 Å². The molecule has 0 aromatic rings. The van der Waals surface area contributed by atoms with Crippen molar-refractivity contribution in [3.05, 3.63) is 0 Å². The maximum Gasteiger partial charge on any atom is 0.00896 e. The predicted octanol–water partition coefficient (Wildman–Crippen LogP) is 1.78. The summed E-state index contributed by atoms with van der Waals surface area (Å²) in [6, 6.07) is 0.804. The SMILES string of the molecule is CNC1CCCCC1C. The molecular formula is C8H17N. The van der Waals surface area contributed by atoms with Gasteiger partial charge in [0.15, 0.2) is 0 Å². The molecule has 0 heterocycles. The largest absolute Gasteiger partial charge is 0.317 e. The molecule has 54 valence electrons. The first kappa shape index (κ1) is 7.07. The third-order valence-corrected chi connectivity index (χ3v) is 2.48. The Morgan fingerprint density at radius 2 is 1.89 bits per heavy atom. The fraction of sp³-hybridized carbons (Fsp3) is 1.00. The topological polar surface area (TPSA) is 12.0 Å². The number of hydrogen-bond acceptors (Lipinski definition) is 1. The highest BCUT2D eigenvalue weighted by Crippen LogP contribution is 2.22. The van der Waals surface area contributed by atoms with Crippen LogP contribution in [0.2, 0.25) is 0 Å². The Morgan fingerprint density at radius 1 is 1.22 bits per heavy atom. The molecule has 1 fully saturated rings. The summed E-state index contributed by atoms with van der Waals surface area (Å²) in [5.74, 6) is 0.906. The van der Waals surface area contributed by atoms with Crippen LogP contribution in [0.15, 0.2) is 0 Å². The summed E-state index contributed by atoms with van der Waals surface area (Å²) in [7, 11) is 2.08. The molecule has 0 saturated heterocycles. The zero-order chi connectivity index (χ0) is 6.69. The average Bonchev–Trinajstić information content (AvgIpc) is 1.89. The molecule has 2 atom stereocenters. The summed E-state index contributed by atoms with van der Waals surface area (Å²) in [4.78, 5) is 0. The lowest BCUT2D eigenvalue weighted by atomic mass is 9.86. The first-order valence-corrected chi connectivity index (χ1v) is 4.02. The van der Waals surface area contributed by atoms with Crippen molar-refractivity contribution in [2.24, 2.45) is 5.92 Å². The first-order chi connectivity index (χ1) is 4.34. The minimum atomic E-state index is 0.804. The lowest BCUT2D eigenvalue weighted by Gasteiger charge is -2.27. The van der Waals surface area contributed by atoms with Gasteiger partial charge in [-0.2, -0.15) is 0 Å². The van der Waals surface area contributed by atoms with Crippen molar-refractivity contribution in [2.45, 2.75) is 38.6 Å². The van der Waals surface area contributed by atoms with Gasteiger partial charge in [0.2, 0.25) is 0 Å². The Balaban J connectivity index is 2.30.